The zero-order chi connectivity index (χ0) is 18.2. The monoisotopic (exact) mass is 346 g/mol. The lowest BCUT2D eigenvalue weighted by molar-refractivity contribution is -0.697. The van der Waals surface area contributed by atoms with E-state index in [1.165, 1.54) is 54.5 Å². The average Bonchev–Trinajstić information content (AvgIpc) is 2.69. The largest absolute Gasteiger partial charge is 0.210 e. The van der Waals surface area contributed by atoms with Crippen molar-refractivity contribution in [2.24, 2.45) is 0 Å². The highest BCUT2D eigenvalue weighted by Gasteiger charge is 2.10. The second-order valence-corrected chi connectivity index (χ2v) is 7.02. The van der Waals surface area contributed by atoms with E-state index in [-0.39, 0.29) is 0 Å². The summed E-state index contributed by atoms with van der Waals surface area (Å²) in [6, 6.07) is 17.1. The first kappa shape index (κ1) is 18.3. The van der Waals surface area contributed by atoms with Crippen LogP contribution in [0.1, 0.15) is 44.6 Å². The maximum atomic E-state index is 2.33. The summed E-state index contributed by atoms with van der Waals surface area (Å²) in [5.74, 6) is 0. The van der Waals surface area contributed by atoms with Gasteiger partial charge in [0.05, 0.1) is 0 Å². The van der Waals surface area contributed by atoms with Gasteiger partial charge in [-0.05, 0) is 24.5 Å². The smallest absolute Gasteiger partial charge is 0.205 e. The summed E-state index contributed by atoms with van der Waals surface area (Å²) >= 11 is 0. The maximum absolute atomic E-state index is 2.33. The molecule has 3 rings (SSSR count). The predicted molar refractivity (Wildman–Crippen MR) is 107 cm³/mol. The van der Waals surface area contributed by atoms with Crippen LogP contribution in [0.2, 0.25) is 0 Å². The Morgan fingerprint density at radius 1 is 0.769 bits per heavy atom. The Kier molecular flexibility index (Phi) is 6.54. The lowest BCUT2D eigenvalue weighted by Crippen LogP contribution is -2.33. The van der Waals surface area contributed by atoms with E-state index in [1.54, 1.807) is 0 Å². The number of pyridine rings is 2. The first-order chi connectivity index (χ1) is 12.8. The van der Waals surface area contributed by atoms with Gasteiger partial charge in [0, 0.05) is 42.3 Å². The van der Waals surface area contributed by atoms with Gasteiger partial charge in [-0.2, -0.15) is 4.57 Å². The zero-order valence-electron chi connectivity index (χ0n) is 16.1. The molecule has 0 saturated carbocycles. The lowest BCUT2D eigenvalue weighted by atomic mass is 10.0. The first-order valence-electron chi connectivity index (χ1n) is 9.85. The molecule has 0 aliphatic heterocycles. The molecule has 2 heterocycles. The minimum atomic E-state index is 1.12. The Bertz CT molecular complexity index is 807. The van der Waals surface area contributed by atoms with Crippen LogP contribution in [0, 0.1) is 6.92 Å². The van der Waals surface area contributed by atoms with Crippen LogP contribution in [0.4, 0.5) is 0 Å². The zero-order valence-corrected chi connectivity index (χ0v) is 16.1. The van der Waals surface area contributed by atoms with Gasteiger partial charge in [0.25, 0.3) is 0 Å². The van der Waals surface area contributed by atoms with Crippen LogP contribution in [-0.4, -0.2) is 0 Å². The molecule has 0 bridgehead atoms. The molecule has 0 fully saturated rings. The van der Waals surface area contributed by atoms with E-state index < -0.39 is 0 Å². The van der Waals surface area contributed by atoms with Crippen LogP contribution in [0.15, 0.2) is 73.3 Å². The standard InChI is InChI=1S/C24H30N2/c1-3-4-5-6-10-16-25-17-15-24(21(2)20-25)22-13-18-26(19-14-22)23-11-8-7-9-12-23/h7-9,11-15,17-20H,3-6,10,16H2,1-2H3/q+2. The van der Waals surface area contributed by atoms with E-state index in [1.807, 2.05) is 6.07 Å². The topological polar surface area (TPSA) is 7.76 Å². The minimum absolute atomic E-state index is 1.12. The van der Waals surface area contributed by atoms with E-state index in [0.717, 1.165) is 6.54 Å². The maximum Gasteiger partial charge on any atom is 0.210 e. The van der Waals surface area contributed by atoms with Crippen molar-refractivity contribution in [1.82, 2.24) is 0 Å². The number of benzene rings is 1. The quantitative estimate of drug-likeness (QED) is 0.391. The number of para-hydroxylation sites is 1. The number of rotatable bonds is 8. The van der Waals surface area contributed by atoms with Gasteiger partial charge in [0.2, 0.25) is 5.69 Å². The summed E-state index contributed by atoms with van der Waals surface area (Å²) in [6.45, 7) is 5.59. The van der Waals surface area contributed by atoms with Crippen molar-refractivity contribution < 1.29 is 9.13 Å². The summed E-state index contributed by atoms with van der Waals surface area (Å²) in [7, 11) is 0. The van der Waals surface area contributed by atoms with Crippen molar-refractivity contribution in [2.45, 2.75) is 52.5 Å². The normalized spacial score (nSPS) is 10.8. The number of hydrogen-bond acceptors (Lipinski definition) is 0. The molecule has 0 amide bonds. The third-order valence-corrected chi connectivity index (χ3v) is 4.93. The molecule has 0 aliphatic rings. The molecule has 2 nitrogen and oxygen atoms in total. The van der Waals surface area contributed by atoms with Gasteiger partial charge in [0.1, 0.15) is 6.54 Å². The fourth-order valence-electron chi connectivity index (χ4n) is 3.40. The Balaban J connectivity index is 1.67. The number of aryl methyl sites for hydroxylation is 2. The molecule has 2 heteroatoms. The van der Waals surface area contributed by atoms with Gasteiger partial charge in [-0.1, -0.05) is 44.4 Å². The number of unbranched alkanes of at least 4 members (excludes halogenated alkanes) is 4. The van der Waals surface area contributed by atoms with Crippen LogP contribution in [0.5, 0.6) is 0 Å². The molecular weight excluding hydrogens is 316 g/mol. The molecule has 3 aromatic rings. The molecule has 2 aromatic heterocycles. The van der Waals surface area contributed by atoms with Crippen LogP contribution in [-0.2, 0) is 6.54 Å². The summed E-state index contributed by atoms with van der Waals surface area (Å²) in [5, 5.41) is 0. The average molecular weight is 347 g/mol. The third kappa shape index (κ3) is 4.78. The molecule has 0 unspecified atom stereocenters. The van der Waals surface area contributed by atoms with Gasteiger partial charge >= 0.3 is 0 Å². The molecule has 0 radical (unpaired) electrons. The summed E-state index contributed by atoms with van der Waals surface area (Å²) < 4.78 is 4.48. The van der Waals surface area contributed by atoms with Gasteiger partial charge in [-0.3, -0.25) is 0 Å². The van der Waals surface area contributed by atoms with E-state index in [9.17, 15) is 0 Å². The van der Waals surface area contributed by atoms with E-state index in [4.69, 9.17) is 0 Å². The molecule has 0 spiro atoms. The lowest BCUT2D eigenvalue weighted by Gasteiger charge is -2.05. The second-order valence-electron chi connectivity index (χ2n) is 7.02. The third-order valence-electron chi connectivity index (χ3n) is 4.93. The van der Waals surface area contributed by atoms with E-state index >= 15 is 0 Å². The Labute approximate surface area is 157 Å². The second kappa shape index (κ2) is 9.28. The SMILES string of the molecule is CCCCCCC[n+]1ccc(-c2cc[n+](-c3ccccc3)cc2)c(C)c1. The van der Waals surface area contributed by atoms with Gasteiger partial charge < -0.3 is 0 Å². The van der Waals surface area contributed by atoms with Crippen LogP contribution in [0.3, 0.4) is 0 Å². The Morgan fingerprint density at radius 2 is 1.50 bits per heavy atom. The summed E-state index contributed by atoms with van der Waals surface area (Å²) in [5.41, 5.74) is 5.10. The number of aromatic nitrogens is 2. The molecule has 0 atom stereocenters. The van der Waals surface area contributed by atoms with Crippen molar-refractivity contribution in [1.29, 1.82) is 0 Å². The van der Waals surface area contributed by atoms with Crippen molar-refractivity contribution in [3.63, 3.8) is 0 Å². The number of hydrogen-bond donors (Lipinski definition) is 0. The fraction of sp³-hybridized carbons (Fsp3) is 0.333. The highest BCUT2D eigenvalue weighted by Crippen LogP contribution is 2.20. The van der Waals surface area contributed by atoms with Crippen molar-refractivity contribution in [3.05, 3.63) is 78.9 Å². The van der Waals surface area contributed by atoms with Crippen LogP contribution < -0.4 is 9.13 Å². The van der Waals surface area contributed by atoms with Crippen molar-refractivity contribution >= 4 is 0 Å². The van der Waals surface area contributed by atoms with Gasteiger partial charge in [-0.25, -0.2) is 4.57 Å². The summed E-state index contributed by atoms with van der Waals surface area (Å²) in [4.78, 5) is 0. The minimum Gasteiger partial charge on any atom is -0.205 e. The van der Waals surface area contributed by atoms with Crippen molar-refractivity contribution in [3.8, 4) is 16.8 Å². The number of nitrogens with zero attached hydrogens (tertiary/aromatic N) is 2. The van der Waals surface area contributed by atoms with Crippen LogP contribution in [0.25, 0.3) is 16.8 Å². The van der Waals surface area contributed by atoms with E-state index in [2.05, 4.69) is 90.2 Å². The molecule has 134 valence electrons. The summed E-state index contributed by atoms with van der Waals surface area (Å²) in [6.07, 6.45) is 15.4. The highest BCUT2D eigenvalue weighted by molar-refractivity contribution is 5.64. The molecule has 26 heavy (non-hydrogen) atoms. The molecule has 0 N–H and O–H groups in total. The van der Waals surface area contributed by atoms with Crippen molar-refractivity contribution in [2.75, 3.05) is 0 Å². The Morgan fingerprint density at radius 3 is 2.19 bits per heavy atom. The highest BCUT2D eigenvalue weighted by atomic mass is 14.9. The predicted octanol–water partition coefficient (Wildman–Crippen LogP) is 5.20. The molecule has 0 aliphatic carbocycles. The Hall–Kier alpha value is -2.48. The molecular formula is C24H30N2+2. The van der Waals surface area contributed by atoms with E-state index in [0.29, 0.717) is 0 Å². The molecule has 1 aromatic carbocycles. The van der Waals surface area contributed by atoms with Gasteiger partial charge in [-0.15, -0.1) is 0 Å². The van der Waals surface area contributed by atoms with Crippen LogP contribution >= 0.6 is 0 Å². The fourth-order valence-corrected chi connectivity index (χ4v) is 3.40. The molecule has 0 saturated heterocycles. The first-order valence-corrected chi connectivity index (χ1v) is 9.85. The van der Waals surface area contributed by atoms with Gasteiger partial charge in [0.15, 0.2) is 24.8 Å².